The van der Waals surface area contributed by atoms with E-state index in [1.165, 1.54) is 0 Å². The number of oxazole rings is 1. The van der Waals surface area contributed by atoms with Crippen LogP contribution in [0, 0.1) is 0 Å². The third-order valence-corrected chi connectivity index (χ3v) is 4.51. The predicted molar refractivity (Wildman–Crippen MR) is 85.0 cm³/mol. The molecule has 3 aromatic rings. The van der Waals surface area contributed by atoms with Crippen LogP contribution in [0.25, 0.3) is 11.1 Å². The summed E-state index contributed by atoms with van der Waals surface area (Å²) in [6, 6.07) is 6.28. The molecular formula is C14H15N5OS. The Morgan fingerprint density at radius 1 is 1.14 bits per heavy atom. The van der Waals surface area contributed by atoms with Gasteiger partial charge in [-0.15, -0.1) is 11.3 Å². The average Bonchev–Trinajstić information content (AvgIpc) is 3.18. The minimum Gasteiger partial charge on any atom is -0.423 e. The number of hydrogen-bond donors (Lipinski definition) is 1. The van der Waals surface area contributed by atoms with E-state index in [1.807, 2.05) is 29.8 Å². The molecule has 0 saturated carbocycles. The number of benzene rings is 1. The largest absolute Gasteiger partial charge is 0.423 e. The van der Waals surface area contributed by atoms with Gasteiger partial charge in [0.1, 0.15) is 5.52 Å². The van der Waals surface area contributed by atoms with Crippen molar-refractivity contribution in [3.8, 4) is 0 Å². The minimum atomic E-state index is 0.654. The highest BCUT2D eigenvalue weighted by molar-refractivity contribution is 7.13. The lowest BCUT2D eigenvalue weighted by Crippen LogP contribution is -2.46. The number of thiazole rings is 1. The van der Waals surface area contributed by atoms with Crippen LogP contribution in [0.5, 0.6) is 0 Å². The Hall–Kier alpha value is -2.28. The van der Waals surface area contributed by atoms with Crippen LogP contribution in [-0.2, 0) is 0 Å². The summed E-state index contributed by atoms with van der Waals surface area (Å²) < 4.78 is 5.82. The topological polar surface area (TPSA) is 71.4 Å². The molecule has 1 fully saturated rings. The Balaban J connectivity index is 1.53. The van der Waals surface area contributed by atoms with Crippen LogP contribution in [0.3, 0.4) is 0 Å². The maximum absolute atomic E-state index is 5.93. The van der Waals surface area contributed by atoms with Crippen LogP contribution >= 0.6 is 11.3 Å². The fraction of sp³-hybridized carbons (Fsp3) is 0.286. The van der Waals surface area contributed by atoms with Crippen molar-refractivity contribution in [3.63, 3.8) is 0 Å². The summed E-state index contributed by atoms with van der Waals surface area (Å²) in [4.78, 5) is 13.3. The maximum Gasteiger partial charge on any atom is 0.298 e. The van der Waals surface area contributed by atoms with E-state index in [-0.39, 0.29) is 0 Å². The zero-order valence-corrected chi connectivity index (χ0v) is 12.2. The molecule has 7 heteroatoms. The van der Waals surface area contributed by atoms with Crippen LogP contribution in [-0.4, -0.2) is 36.1 Å². The summed E-state index contributed by atoms with van der Waals surface area (Å²) >= 11 is 1.67. The van der Waals surface area contributed by atoms with Gasteiger partial charge in [-0.2, -0.15) is 4.98 Å². The minimum absolute atomic E-state index is 0.654. The number of hydrogen-bond acceptors (Lipinski definition) is 7. The van der Waals surface area contributed by atoms with E-state index in [2.05, 4.69) is 19.8 Å². The quantitative estimate of drug-likeness (QED) is 0.732. The van der Waals surface area contributed by atoms with Crippen LogP contribution in [0.1, 0.15) is 0 Å². The molecule has 0 unspecified atom stereocenters. The van der Waals surface area contributed by atoms with Gasteiger partial charge in [-0.1, -0.05) is 6.07 Å². The molecule has 2 aromatic heterocycles. The maximum atomic E-state index is 5.93. The van der Waals surface area contributed by atoms with Crippen LogP contribution < -0.4 is 15.5 Å². The van der Waals surface area contributed by atoms with Gasteiger partial charge in [-0.3, -0.25) is 0 Å². The fourth-order valence-electron chi connectivity index (χ4n) is 2.55. The number of nitrogens with zero attached hydrogens (tertiary/aromatic N) is 4. The van der Waals surface area contributed by atoms with Gasteiger partial charge in [0, 0.05) is 37.8 Å². The highest BCUT2D eigenvalue weighted by Crippen LogP contribution is 2.27. The molecule has 1 saturated heterocycles. The number of fused-ring (bicyclic) bond motifs is 1. The summed E-state index contributed by atoms with van der Waals surface area (Å²) in [5, 5.41) is 3.09. The van der Waals surface area contributed by atoms with E-state index < -0.39 is 0 Å². The van der Waals surface area contributed by atoms with Crippen LogP contribution in [0.2, 0.25) is 0 Å². The molecule has 1 aliphatic heterocycles. The van der Waals surface area contributed by atoms with Crippen LogP contribution in [0.4, 0.5) is 16.8 Å². The molecule has 2 N–H and O–H groups in total. The Bertz CT molecular complexity index is 746. The first-order valence-electron chi connectivity index (χ1n) is 6.86. The molecule has 6 nitrogen and oxygen atoms in total. The van der Waals surface area contributed by atoms with Gasteiger partial charge < -0.3 is 20.0 Å². The van der Waals surface area contributed by atoms with Gasteiger partial charge >= 0.3 is 0 Å². The number of rotatable bonds is 2. The third-order valence-electron chi connectivity index (χ3n) is 3.68. The highest BCUT2D eigenvalue weighted by atomic mass is 32.1. The molecular weight excluding hydrogens is 286 g/mol. The van der Waals surface area contributed by atoms with E-state index >= 15 is 0 Å². The van der Waals surface area contributed by atoms with E-state index in [1.54, 1.807) is 11.3 Å². The number of para-hydroxylation sites is 1. The van der Waals surface area contributed by atoms with E-state index in [4.69, 9.17) is 10.2 Å². The molecule has 3 heterocycles. The van der Waals surface area contributed by atoms with Crippen molar-refractivity contribution in [1.82, 2.24) is 9.97 Å². The van der Waals surface area contributed by atoms with Gasteiger partial charge in [-0.25, -0.2) is 4.98 Å². The van der Waals surface area contributed by atoms with Gasteiger partial charge in [0.2, 0.25) is 0 Å². The van der Waals surface area contributed by atoms with Crippen molar-refractivity contribution < 1.29 is 4.42 Å². The first-order chi connectivity index (χ1) is 10.3. The number of piperazine rings is 1. The summed E-state index contributed by atoms with van der Waals surface area (Å²) in [7, 11) is 0. The standard InChI is InChI=1S/C14H15N5OS/c15-10-2-1-3-11-12(10)17-13(20-11)18-5-7-19(8-6-18)14-16-4-9-21-14/h1-4,9H,5-8,15H2. The highest BCUT2D eigenvalue weighted by Gasteiger charge is 2.22. The van der Waals surface area contributed by atoms with Gasteiger partial charge in [-0.05, 0) is 12.1 Å². The van der Waals surface area contributed by atoms with Crippen molar-refractivity contribution >= 4 is 39.3 Å². The first-order valence-corrected chi connectivity index (χ1v) is 7.73. The Labute approximate surface area is 125 Å². The zero-order valence-electron chi connectivity index (χ0n) is 11.4. The zero-order chi connectivity index (χ0) is 14.2. The molecule has 0 aliphatic carbocycles. The van der Waals surface area contributed by atoms with Gasteiger partial charge in [0.25, 0.3) is 6.01 Å². The molecule has 0 atom stereocenters. The summed E-state index contributed by atoms with van der Waals surface area (Å²) in [5.41, 5.74) is 8.07. The Morgan fingerprint density at radius 3 is 2.67 bits per heavy atom. The number of anilines is 3. The molecule has 1 aromatic carbocycles. The second kappa shape index (κ2) is 4.92. The summed E-state index contributed by atoms with van der Waals surface area (Å²) in [6.45, 7) is 3.57. The van der Waals surface area contributed by atoms with E-state index in [9.17, 15) is 0 Å². The Morgan fingerprint density at radius 2 is 1.95 bits per heavy atom. The number of nitrogen functional groups attached to an aromatic ring is 1. The Kier molecular flexibility index (Phi) is 2.92. The molecule has 21 heavy (non-hydrogen) atoms. The third kappa shape index (κ3) is 2.19. The molecule has 0 bridgehead atoms. The molecule has 4 rings (SSSR count). The van der Waals surface area contributed by atoms with E-state index in [0.717, 1.165) is 42.4 Å². The monoisotopic (exact) mass is 301 g/mol. The second-order valence-corrected chi connectivity index (χ2v) is 5.85. The van der Waals surface area contributed by atoms with Crippen molar-refractivity contribution in [2.45, 2.75) is 0 Å². The normalized spacial score (nSPS) is 15.8. The average molecular weight is 301 g/mol. The first kappa shape index (κ1) is 12.5. The van der Waals surface area contributed by atoms with Crippen molar-refractivity contribution in [1.29, 1.82) is 0 Å². The lowest BCUT2D eigenvalue weighted by atomic mass is 10.3. The van der Waals surface area contributed by atoms with Gasteiger partial charge in [0.05, 0.1) is 5.69 Å². The lowest BCUT2D eigenvalue weighted by molar-refractivity contribution is 0.541. The smallest absolute Gasteiger partial charge is 0.298 e. The molecule has 0 amide bonds. The van der Waals surface area contributed by atoms with Crippen molar-refractivity contribution in [3.05, 3.63) is 29.8 Å². The summed E-state index contributed by atoms with van der Waals surface area (Å²) in [5.74, 6) is 0. The molecule has 1 aliphatic rings. The van der Waals surface area contributed by atoms with Crippen molar-refractivity contribution in [2.75, 3.05) is 41.7 Å². The molecule has 108 valence electrons. The lowest BCUT2D eigenvalue weighted by Gasteiger charge is -2.33. The molecule has 0 radical (unpaired) electrons. The SMILES string of the molecule is Nc1cccc2oc(N3CCN(c4nccs4)CC3)nc12. The number of aromatic nitrogens is 2. The number of nitrogens with two attached hydrogens (primary N) is 1. The molecule has 0 spiro atoms. The van der Waals surface area contributed by atoms with E-state index in [0.29, 0.717) is 11.7 Å². The predicted octanol–water partition coefficient (Wildman–Crippen LogP) is 2.19. The summed E-state index contributed by atoms with van der Waals surface area (Å²) in [6.07, 6.45) is 1.84. The van der Waals surface area contributed by atoms with Gasteiger partial charge in [0.15, 0.2) is 10.7 Å². The second-order valence-electron chi connectivity index (χ2n) is 4.98. The fourth-order valence-corrected chi connectivity index (χ4v) is 3.25. The van der Waals surface area contributed by atoms with Crippen LogP contribution in [0.15, 0.2) is 34.2 Å². The van der Waals surface area contributed by atoms with Crippen molar-refractivity contribution in [2.24, 2.45) is 0 Å².